The molecule has 6 nitrogen and oxygen atoms in total. The fourth-order valence-corrected chi connectivity index (χ4v) is 2.32. The maximum atomic E-state index is 5.97. The summed E-state index contributed by atoms with van der Waals surface area (Å²) < 4.78 is 10.7. The Kier molecular flexibility index (Phi) is 4.11. The number of aryl methyl sites for hydroxylation is 1. The summed E-state index contributed by atoms with van der Waals surface area (Å²) in [6.45, 7) is 2.62. The summed E-state index contributed by atoms with van der Waals surface area (Å²) in [5.74, 6) is 0.436. The molecule has 0 saturated carbocycles. The summed E-state index contributed by atoms with van der Waals surface area (Å²) in [5.41, 5.74) is 2.73. The van der Waals surface area contributed by atoms with Crippen LogP contribution in [0.15, 0.2) is 39.5 Å². The van der Waals surface area contributed by atoms with E-state index >= 15 is 0 Å². The van der Waals surface area contributed by atoms with Gasteiger partial charge in [0.05, 0.1) is 12.2 Å². The molecule has 0 N–H and O–H groups in total. The summed E-state index contributed by atoms with van der Waals surface area (Å²) in [6, 6.07) is 7.73. The van der Waals surface area contributed by atoms with Gasteiger partial charge in [-0.2, -0.15) is 0 Å². The minimum absolute atomic E-state index is 0.429. The van der Waals surface area contributed by atoms with Crippen LogP contribution >= 0.6 is 11.6 Å². The number of halogens is 1. The molecular weight excluding hydrogens is 304 g/mol. The lowest BCUT2D eigenvalue weighted by molar-refractivity contribution is 0.412. The summed E-state index contributed by atoms with van der Waals surface area (Å²) in [5, 5.41) is 12.7. The van der Waals surface area contributed by atoms with Crippen molar-refractivity contribution in [3.8, 4) is 11.5 Å². The van der Waals surface area contributed by atoms with E-state index in [0.717, 1.165) is 23.2 Å². The molecule has 22 heavy (non-hydrogen) atoms. The molecule has 0 amide bonds. The van der Waals surface area contributed by atoms with Gasteiger partial charge < -0.3 is 13.8 Å². The summed E-state index contributed by atoms with van der Waals surface area (Å²) in [4.78, 5) is 1.85. The highest BCUT2D eigenvalue weighted by atomic mass is 35.5. The predicted molar refractivity (Wildman–Crippen MR) is 82.7 cm³/mol. The molecule has 0 fully saturated rings. The Morgan fingerprint density at radius 1 is 1.27 bits per heavy atom. The third kappa shape index (κ3) is 2.96. The van der Waals surface area contributed by atoms with Crippen LogP contribution in [0.2, 0.25) is 5.02 Å². The van der Waals surface area contributed by atoms with Crippen LogP contribution in [0.25, 0.3) is 11.5 Å². The number of hydrogen-bond donors (Lipinski definition) is 0. The first-order chi connectivity index (χ1) is 10.7. The van der Waals surface area contributed by atoms with Gasteiger partial charge >= 0.3 is 6.01 Å². The van der Waals surface area contributed by atoms with Crippen molar-refractivity contribution in [2.24, 2.45) is 0 Å². The Morgan fingerprint density at radius 3 is 2.91 bits per heavy atom. The predicted octanol–water partition coefficient (Wildman–Crippen LogP) is 3.58. The van der Waals surface area contributed by atoms with Gasteiger partial charge in [-0.25, -0.2) is 0 Å². The van der Waals surface area contributed by atoms with Crippen LogP contribution in [0.3, 0.4) is 0 Å². The fourth-order valence-electron chi connectivity index (χ4n) is 2.13. The van der Waals surface area contributed by atoms with E-state index in [0.29, 0.717) is 23.5 Å². The zero-order valence-electron chi connectivity index (χ0n) is 12.3. The van der Waals surface area contributed by atoms with Gasteiger partial charge in [0.2, 0.25) is 5.89 Å². The van der Waals surface area contributed by atoms with Crippen LogP contribution in [0.4, 0.5) is 6.01 Å². The van der Waals surface area contributed by atoms with Gasteiger partial charge in [-0.3, -0.25) is 0 Å². The molecule has 1 aromatic carbocycles. The lowest BCUT2D eigenvalue weighted by Gasteiger charge is -2.12. The largest absolute Gasteiger partial charge is 0.403 e. The van der Waals surface area contributed by atoms with Crippen LogP contribution in [0, 0.1) is 0 Å². The van der Waals surface area contributed by atoms with Gasteiger partial charge in [-0.05, 0) is 24.6 Å². The molecule has 0 spiro atoms. The van der Waals surface area contributed by atoms with E-state index in [4.69, 9.17) is 20.5 Å². The van der Waals surface area contributed by atoms with Crippen molar-refractivity contribution in [3.63, 3.8) is 0 Å². The van der Waals surface area contributed by atoms with Crippen molar-refractivity contribution >= 4 is 17.6 Å². The van der Waals surface area contributed by atoms with Crippen molar-refractivity contribution in [1.82, 2.24) is 15.4 Å². The Hall–Kier alpha value is -2.34. The van der Waals surface area contributed by atoms with Crippen molar-refractivity contribution in [3.05, 3.63) is 46.8 Å². The lowest BCUT2D eigenvalue weighted by Crippen LogP contribution is -2.17. The minimum Gasteiger partial charge on any atom is -0.403 e. The first-order valence-corrected chi connectivity index (χ1v) is 7.28. The molecule has 0 saturated heterocycles. The van der Waals surface area contributed by atoms with Gasteiger partial charge in [-0.1, -0.05) is 34.8 Å². The van der Waals surface area contributed by atoms with E-state index in [1.807, 2.05) is 31.0 Å². The average Bonchev–Trinajstić information content (AvgIpc) is 3.16. The number of hydrogen-bond acceptors (Lipinski definition) is 6. The second-order valence-electron chi connectivity index (χ2n) is 4.90. The van der Waals surface area contributed by atoms with E-state index in [1.54, 1.807) is 18.4 Å². The minimum atomic E-state index is 0.429. The van der Waals surface area contributed by atoms with E-state index < -0.39 is 0 Å². The Bertz CT molecular complexity index is 768. The highest BCUT2D eigenvalue weighted by Crippen LogP contribution is 2.24. The summed E-state index contributed by atoms with van der Waals surface area (Å²) in [7, 11) is 1.88. The molecule has 0 radical (unpaired) electrons. The fraction of sp³-hybridized carbons (Fsp3) is 0.267. The SMILES string of the molecule is CCc1nocc1CN(C)c1nnc(-c2cccc(Cl)c2)o1. The lowest BCUT2D eigenvalue weighted by atomic mass is 10.2. The highest BCUT2D eigenvalue weighted by Gasteiger charge is 2.15. The number of aromatic nitrogens is 3. The van der Waals surface area contributed by atoms with Crippen molar-refractivity contribution in [2.45, 2.75) is 19.9 Å². The van der Waals surface area contributed by atoms with Gasteiger partial charge in [0.1, 0.15) is 6.26 Å². The van der Waals surface area contributed by atoms with Gasteiger partial charge in [-0.15, -0.1) is 5.10 Å². The Morgan fingerprint density at radius 2 is 2.14 bits per heavy atom. The second-order valence-corrected chi connectivity index (χ2v) is 5.33. The second kappa shape index (κ2) is 6.19. The third-order valence-corrected chi connectivity index (χ3v) is 3.52. The molecule has 0 unspecified atom stereocenters. The average molecular weight is 319 g/mol. The molecule has 114 valence electrons. The van der Waals surface area contributed by atoms with Gasteiger partial charge in [0, 0.05) is 23.2 Å². The molecule has 0 aliphatic carbocycles. The molecule has 2 aromatic heterocycles. The maximum absolute atomic E-state index is 5.97. The molecule has 3 rings (SSSR count). The van der Waals surface area contributed by atoms with Crippen LogP contribution in [0.5, 0.6) is 0 Å². The van der Waals surface area contributed by atoms with Crippen molar-refractivity contribution in [1.29, 1.82) is 0 Å². The first-order valence-electron chi connectivity index (χ1n) is 6.90. The molecule has 0 bridgehead atoms. The van der Waals surface area contributed by atoms with E-state index in [-0.39, 0.29) is 0 Å². The van der Waals surface area contributed by atoms with Crippen molar-refractivity contribution in [2.75, 3.05) is 11.9 Å². The zero-order chi connectivity index (χ0) is 15.5. The molecule has 0 atom stereocenters. The summed E-state index contributed by atoms with van der Waals surface area (Å²) in [6.07, 6.45) is 2.46. The molecule has 3 aromatic rings. The highest BCUT2D eigenvalue weighted by molar-refractivity contribution is 6.30. The topological polar surface area (TPSA) is 68.2 Å². The molecule has 2 heterocycles. The van der Waals surface area contributed by atoms with Gasteiger partial charge in [0.15, 0.2) is 0 Å². The van der Waals surface area contributed by atoms with Crippen LogP contribution < -0.4 is 4.90 Å². The molecular formula is C15H15ClN4O2. The summed E-state index contributed by atoms with van der Waals surface area (Å²) >= 11 is 5.97. The third-order valence-electron chi connectivity index (χ3n) is 3.28. The smallest absolute Gasteiger partial charge is 0.318 e. The maximum Gasteiger partial charge on any atom is 0.318 e. The van der Waals surface area contributed by atoms with Gasteiger partial charge in [0.25, 0.3) is 0 Å². The number of rotatable bonds is 5. The number of anilines is 1. The van der Waals surface area contributed by atoms with Crippen LogP contribution in [-0.2, 0) is 13.0 Å². The molecule has 7 heteroatoms. The van der Waals surface area contributed by atoms with Crippen LogP contribution in [0.1, 0.15) is 18.2 Å². The monoisotopic (exact) mass is 318 g/mol. The Labute approximate surface area is 132 Å². The normalized spacial score (nSPS) is 10.9. The number of benzene rings is 1. The van der Waals surface area contributed by atoms with E-state index in [9.17, 15) is 0 Å². The molecule has 0 aliphatic heterocycles. The van der Waals surface area contributed by atoms with E-state index in [2.05, 4.69) is 15.4 Å². The first kappa shape index (κ1) is 14.6. The Balaban J connectivity index is 1.78. The quantitative estimate of drug-likeness (QED) is 0.716. The standard InChI is InChI=1S/C15H15ClN4O2/c1-3-13-11(9-21-19-13)8-20(2)15-18-17-14(22-15)10-5-4-6-12(16)7-10/h4-7,9H,3,8H2,1-2H3. The van der Waals surface area contributed by atoms with E-state index in [1.165, 1.54) is 0 Å². The van der Waals surface area contributed by atoms with Crippen LogP contribution in [-0.4, -0.2) is 22.4 Å². The molecule has 0 aliphatic rings. The zero-order valence-corrected chi connectivity index (χ0v) is 13.0. The number of nitrogens with zero attached hydrogens (tertiary/aromatic N) is 4. The van der Waals surface area contributed by atoms with Crippen molar-refractivity contribution < 1.29 is 8.94 Å².